The van der Waals surface area contributed by atoms with Crippen LogP contribution in [-0.4, -0.2) is 64.6 Å². The number of ether oxygens (including phenoxy) is 1. The van der Waals surface area contributed by atoms with E-state index in [9.17, 15) is 14.7 Å². The quantitative estimate of drug-likeness (QED) is 0.184. The molecule has 4 aromatic carbocycles. The van der Waals surface area contributed by atoms with E-state index >= 15 is 0 Å². The Labute approximate surface area is 248 Å². The van der Waals surface area contributed by atoms with Gasteiger partial charge < -0.3 is 14.8 Å². The Bertz CT molecular complexity index is 1710. The van der Waals surface area contributed by atoms with Crippen LogP contribution < -0.4 is 0 Å². The fourth-order valence-electron chi connectivity index (χ4n) is 5.61. The van der Waals surface area contributed by atoms with E-state index in [0.717, 1.165) is 36.2 Å². The lowest BCUT2D eigenvalue weighted by molar-refractivity contribution is 0.0346. The molecule has 0 bridgehead atoms. The van der Waals surface area contributed by atoms with Gasteiger partial charge in [-0.15, -0.1) is 0 Å². The summed E-state index contributed by atoms with van der Waals surface area (Å²) in [6.45, 7) is 3.73. The molecular weight excluding hydrogens is 550 g/mol. The average molecular weight is 580 g/mol. The summed E-state index contributed by atoms with van der Waals surface area (Å²) in [4.78, 5) is 36.6. The fourth-order valence-corrected chi connectivity index (χ4v) is 5.78. The van der Waals surface area contributed by atoms with Gasteiger partial charge >= 0.3 is 5.97 Å². The van der Waals surface area contributed by atoms with Crippen molar-refractivity contribution in [3.63, 3.8) is 0 Å². The summed E-state index contributed by atoms with van der Waals surface area (Å²) >= 11 is 6.40. The normalized spacial score (nSPS) is 14.6. The van der Waals surface area contributed by atoms with E-state index in [1.165, 1.54) is 6.07 Å². The number of morpholine rings is 1. The standard InChI is InChI=1S/C34H30ClN3O4/c35-25-11-13-27(33-36-30-8-4-5-9-31(30)37-33)28(20-25)26-12-10-23(18-29(26)34(40)41)32(39)19-24(22-6-2-1-3-7-22)21-38-14-16-42-17-15-38/h1-13,18,20,24H,14-17,19,21H2,(H,36,37)(H,40,41). The Morgan fingerprint density at radius 1 is 0.905 bits per heavy atom. The largest absolute Gasteiger partial charge is 0.478 e. The predicted octanol–water partition coefficient (Wildman–Crippen LogP) is 6.94. The summed E-state index contributed by atoms with van der Waals surface area (Å²) < 4.78 is 5.50. The number of fused-ring (bicyclic) bond motifs is 1. The van der Waals surface area contributed by atoms with Crippen LogP contribution in [0.4, 0.5) is 0 Å². The summed E-state index contributed by atoms with van der Waals surface area (Å²) in [7, 11) is 0. The first-order valence-electron chi connectivity index (χ1n) is 14.0. The maximum absolute atomic E-state index is 13.7. The van der Waals surface area contributed by atoms with Gasteiger partial charge in [0, 0.05) is 48.1 Å². The lowest BCUT2D eigenvalue weighted by atomic mass is 9.88. The predicted molar refractivity (Wildman–Crippen MR) is 164 cm³/mol. The lowest BCUT2D eigenvalue weighted by Crippen LogP contribution is -2.39. The highest BCUT2D eigenvalue weighted by molar-refractivity contribution is 6.31. The second kappa shape index (κ2) is 12.3. The van der Waals surface area contributed by atoms with Crippen molar-refractivity contribution in [1.29, 1.82) is 0 Å². The molecule has 8 heteroatoms. The number of aromatic carboxylic acids is 1. The number of para-hydroxylation sites is 2. The van der Waals surface area contributed by atoms with Crippen molar-refractivity contribution in [3.8, 4) is 22.5 Å². The van der Waals surface area contributed by atoms with Crippen LogP contribution in [0.15, 0.2) is 91.0 Å². The van der Waals surface area contributed by atoms with Crippen LogP contribution in [0.25, 0.3) is 33.5 Å². The first-order valence-corrected chi connectivity index (χ1v) is 14.3. The van der Waals surface area contributed by atoms with E-state index in [1.54, 1.807) is 24.3 Å². The molecule has 0 spiro atoms. The number of nitrogens with one attached hydrogen (secondary N) is 1. The Kier molecular flexibility index (Phi) is 8.15. The number of imidazole rings is 1. The number of ketones is 1. The zero-order chi connectivity index (χ0) is 29.1. The zero-order valence-electron chi connectivity index (χ0n) is 22.9. The number of hydrogen-bond donors (Lipinski definition) is 2. The van der Waals surface area contributed by atoms with Crippen molar-refractivity contribution < 1.29 is 19.4 Å². The van der Waals surface area contributed by atoms with Gasteiger partial charge in [0.25, 0.3) is 0 Å². The number of carboxylic acids is 1. The SMILES string of the molecule is O=C(CC(CN1CCOCC1)c1ccccc1)c1ccc(-c2cc(Cl)ccc2-c2nc3ccccc3[nH]2)c(C(=O)O)c1. The molecule has 42 heavy (non-hydrogen) atoms. The summed E-state index contributed by atoms with van der Waals surface area (Å²) in [5, 5.41) is 10.7. The highest BCUT2D eigenvalue weighted by Crippen LogP contribution is 2.36. The first kappa shape index (κ1) is 27.8. The molecule has 1 aliphatic heterocycles. The highest BCUT2D eigenvalue weighted by atomic mass is 35.5. The third-order valence-corrected chi connectivity index (χ3v) is 8.01. The van der Waals surface area contributed by atoms with Crippen LogP contribution in [-0.2, 0) is 4.74 Å². The number of hydrogen-bond acceptors (Lipinski definition) is 5. The Balaban J connectivity index is 1.34. The molecule has 1 saturated heterocycles. The number of Topliss-reactive ketones (excluding diaryl/α,β-unsaturated/α-hetero) is 1. The van der Waals surface area contributed by atoms with Gasteiger partial charge in [0.15, 0.2) is 5.78 Å². The van der Waals surface area contributed by atoms with Crippen molar-refractivity contribution >= 4 is 34.4 Å². The summed E-state index contributed by atoms with van der Waals surface area (Å²) in [6.07, 6.45) is 0.265. The molecule has 1 atom stereocenters. The Morgan fingerprint density at radius 2 is 1.64 bits per heavy atom. The van der Waals surface area contributed by atoms with Gasteiger partial charge in [-0.2, -0.15) is 0 Å². The van der Waals surface area contributed by atoms with E-state index in [0.29, 0.717) is 46.3 Å². The van der Waals surface area contributed by atoms with Crippen molar-refractivity contribution in [1.82, 2.24) is 14.9 Å². The first-order chi connectivity index (χ1) is 20.5. The molecule has 2 N–H and O–H groups in total. The topological polar surface area (TPSA) is 95.5 Å². The van der Waals surface area contributed by atoms with Crippen LogP contribution in [0, 0.1) is 0 Å². The summed E-state index contributed by atoms with van der Waals surface area (Å²) in [6, 6.07) is 27.9. The molecule has 1 aliphatic rings. The second-order valence-corrected chi connectivity index (χ2v) is 10.9. The Morgan fingerprint density at radius 3 is 2.40 bits per heavy atom. The molecule has 1 aromatic heterocycles. The third-order valence-electron chi connectivity index (χ3n) is 7.77. The molecule has 0 radical (unpaired) electrons. The fraction of sp³-hybridized carbons (Fsp3) is 0.206. The van der Waals surface area contributed by atoms with E-state index in [-0.39, 0.29) is 23.7 Å². The van der Waals surface area contributed by atoms with E-state index in [2.05, 4.69) is 9.88 Å². The van der Waals surface area contributed by atoms with Crippen LogP contribution in [0.5, 0.6) is 0 Å². The molecule has 1 unspecified atom stereocenters. The van der Waals surface area contributed by atoms with Gasteiger partial charge in [-0.25, -0.2) is 9.78 Å². The molecular formula is C34H30ClN3O4. The molecule has 1 fully saturated rings. The number of carbonyl (C=O) groups is 2. The molecule has 7 nitrogen and oxygen atoms in total. The third kappa shape index (κ3) is 5.99. The van der Waals surface area contributed by atoms with Gasteiger partial charge in [0.1, 0.15) is 5.82 Å². The van der Waals surface area contributed by atoms with Crippen molar-refractivity contribution in [2.45, 2.75) is 12.3 Å². The number of aromatic nitrogens is 2. The number of rotatable bonds is 9. The number of H-pyrrole nitrogens is 1. The minimum Gasteiger partial charge on any atom is -0.478 e. The summed E-state index contributed by atoms with van der Waals surface area (Å²) in [5.41, 5.74) is 4.96. The van der Waals surface area contributed by atoms with Crippen molar-refractivity contribution in [3.05, 3.63) is 113 Å². The maximum Gasteiger partial charge on any atom is 0.336 e. The van der Waals surface area contributed by atoms with Gasteiger partial charge in [-0.05, 0) is 53.1 Å². The molecule has 0 aliphatic carbocycles. The smallest absolute Gasteiger partial charge is 0.336 e. The molecule has 6 rings (SSSR count). The van der Waals surface area contributed by atoms with E-state index < -0.39 is 5.97 Å². The van der Waals surface area contributed by atoms with Crippen molar-refractivity contribution in [2.24, 2.45) is 0 Å². The molecule has 2 heterocycles. The summed E-state index contributed by atoms with van der Waals surface area (Å²) in [5.74, 6) is -0.650. The zero-order valence-corrected chi connectivity index (χ0v) is 23.7. The van der Waals surface area contributed by atoms with Crippen LogP contribution in [0.1, 0.15) is 38.6 Å². The van der Waals surface area contributed by atoms with Crippen LogP contribution in [0.2, 0.25) is 5.02 Å². The number of carboxylic acid groups (broad SMARTS) is 1. The maximum atomic E-state index is 13.7. The minimum atomic E-state index is -1.12. The van der Waals surface area contributed by atoms with Crippen LogP contribution in [0.3, 0.4) is 0 Å². The van der Waals surface area contributed by atoms with E-state index in [4.69, 9.17) is 21.3 Å². The number of benzene rings is 4. The molecule has 0 amide bonds. The lowest BCUT2D eigenvalue weighted by Gasteiger charge is -2.30. The number of halogens is 1. The highest BCUT2D eigenvalue weighted by Gasteiger charge is 2.24. The minimum absolute atomic E-state index is 0.0302. The van der Waals surface area contributed by atoms with Gasteiger partial charge in [-0.3, -0.25) is 9.69 Å². The number of carbonyl (C=O) groups excluding carboxylic acids is 1. The van der Waals surface area contributed by atoms with Crippen LogP contribution >= 0.6 is 11.6 Å². The monoisotopic (exact) mass is 579 g/mol. The molecule has 212 valence electrons. The van der Waals surface area contributed by atoms with Gasteiger partial charge in [-0.1, -0.05) is 66.2 Å². The van der Waals surface area contributed by atoms with Crippen molar-refractivity contribution in [2.75, 3.05) is 32.8 Å². The van der Waals surface area contributed by atoms with Gasteiger partial charge in [0.2, 0.25) is 0 Å². The Hall–Kier alpha value is -4.30. The van der Waals surface area contributed by atoms with Gasteiger partial charge in [0.05, 0.1) is 29.8 Å². The number of aromatic amines is 1. The van der Waals surface area contributed by atoms with E-state index in [1.807, 2.05) is 60.7 Å². The molecule has 0 saturated carbocycles. The average Bonchev–Trinajstić information content (AvgIpc) is 3.45. The second-order valence-electron chi connectivity index (χ2n) is 10.5. The number of nitrogens with zero attached hydrogens (tertiary/aromatic N) is 2. The molecule has 5 aromatic rings.